The molecule has 1 aliphatic heterocycles. The third-order valence-electron chi connectivity index (χ3n) is 4.93. The van der Waals surface area contributed by atoms with Crippen LogP contribution in [-0.2, 0) is 4.79 Å². The highest BCUT2D eigenvalue weighted by Crippen LogP contribution is 2.23. The Morgan fingerprint density at radius 3 is 2.44 bits per heavy atom. The molecule has 1 fully saturated rings. The van der Waals surface area contributed by atoms with Crippen LogP contribution in [0, 0.1) is 0 Å². The molecule has 3 aromatic rings. The van der Waals surface area contributed by atoms with Gasteiger partial charge in [0, 0.05) is 18.7 Å². The first kappa shape index (κ1) is 17.5. The molecule has 5 heteroatoms. The number of fused-ring (bicyclic) bond motifs is 1. The molecule has 5 nitrogen and oxygen atoms in total. The van der Waals surface area contributed by atoms with Crippen LogP contribution in [0.2, 0.25) is 0 Å². The number of carbonyl (C=O) groups excluding carboxylic acids is 1. The normalized spacial score (nSPS) is 15.5. The van der Waals surface area contributed by atoms with Crippen molar-refractivity contribution < 1.29 is 9.53 Å². The number of amides is 1. The molecule has 1 atom stereocenters. The van der Waals surface area contributed by atoms with Crippen LogP contribution in [0.1, 0.15) is 26.2 Å². The van der Waals surface area contributed by atoms with E-state index in [0.29, 0.717) is 5.75 Å². The number of hydrogen-bond donors (Lipinski definition) is 0. The van der Waals surface area contributed by atoms with Gasteiger partial charge in [-0.1, -0.05) is 12.1 Å². The minimum atomic E-state index is -0.477. The van der Waals surface area contributed by atoms with Crippen molar-refractivity contribution in [2.45, 2.75) is 32.3 Å². The summed E-state index contributed by atoms with van der Waals surface area (Å²) in [5, 5.41) is 0. The Hall–Kier alpha value is -2.95. The molecular weight excluding hydrogens is 338 g/mol. The van der Waals surface area contributed by atoms with Gasteiger partial charge in [-0.15, -0.1) is 0 Å². The van der Waals surface area contributed by atoms with E-state index in [2.05, 4.69) is 9.97 Å². The molecule has 2 heterocycles. The zero-order valence-corrected chi connectivity index (χ0v) is 15.5. The number of carbonyl (C=O) groups is 1. The van der Waals surface area contributed by atoms with E-state index in [1.54, 1.807) is 6.20 Å². The monoisotopic (exact) mass is 361 g/mol. The van der Waals surface area contributed by atoms with Crippen LogP contribution < -0.4 is 4.74 Å². The number of aromatic nitrogens is 2. The second-order valence-electron chi connectivity index (χ2n) is 6.91. The van der Waals surface area contributed by atoms with Crippen molar-refractivity contribution in [2.24, 2.45) is 0 Å². The minimum Gasteiger partial charge on any atom is -0.481 e. The van der Waals surface area contributed by atoms with Gasteiger partial charge in [-0.05, 0) is 62.6 Å². The SMILES string of the molecule is C[C@H](Oc1ccc(-c2cnc3ccccc3n2)cc1)C(=O)N1CCCCC1. The predicted octanol–water partition coefficient (Wildman–Crippen LogP) is 4.08. The molecule has 0 saturated carbocycles. The number of piperidine rings is 1. The number of ether oxygens (including phenoxy) is 1. The maximum Gasteiger partial charge on any atom is 0.263 e. The first-order chi connectivity index (χ1) is 13.2. The van der Waals surface area contributed by atoms with Crippen molar-refractivity contribution in [1.82, 2.24) is 14.9 Å². The summed E-state index contributed by atoms with van der Waals surface area (Å²) in [6.45, 7) is 3.50. The van der Waals surface area contributed by atoms with Crippen LogP contribution in [0.25, 0.3) is 22.3 Å². The Bertz CT molecular complexity index is 934. The second-order valence-corrected chi connectivity index (χ2v) is 6.91. The average molecular weight is 361 g/mol. The van der Waals surface area contributed by atoms with E-state index in [4.69, 9.17) is 4.74 Å². The fourth-order valence-corrected chi connectivity index (χ4v) is 3.43. The predicted molar refractivity (Wildman–Crippen MR) is 105 cm³/mol. The van der Waals surface area contributed by atoms with E-state index in [0.717, 1.165) is 48.2 Å². The lowest BCUT2D eigenvalue weighted by atomic mass is 10.1. The summed E-state index contributed by atoms with van der Waals surface area (Å²) in [4.78, 5) is 23.5. The zero-order chi connectivity index (χ0) is 18.6. The summed E-state index contributed by atoms with van der Waals surface area (Å²) in [7, 11) is 0. The van der Waals surface area contributed by atoms with Crippen molar-refractivity contribution in [1.29, 1.82) is 0 Å². The van der Waals surface area contributed by atoms with E-state index >= 15 is 0 Å². The molecule has 27 heavy (non-hydrogen) atoms. The van der Waals surface area contributed by atoms with Crippen molar-refractivity contribution in [3.8, 4) is 17.0 Å². The van der Waals surface area contributed by atoms with Crippen LogP contribution >= 0.6 is 0 Å². The number of benzene rings is 2. The molecule has 1 saturated heterocycles. The summed E-state index contributed by atoms with van der Waals surface area (Å²) in [6.07, 6.45) is 4.67. The Labute approximate surface area is 159 Å². The molecule has 0 aliphatic carbocycles. The van der Waals surface area contributed by atoms with Gasteiger partial charge in [0.2, 0.25) is 0 Å². The minimum absolute atomic E-state index is 0.0687. The Morgan fingerprint density at radius 2 is 1.70 bits per heavy atom. The van der Waals surface area contributed by atoms with Gasteiger partial charge in [0.25, 0.3) is 5.91 Å². The van der Waals surface area contributed by atoms with Crippen molar-refractivity contribution in [3.05, 3.63) is 54.7 Å². The van der Waals surface area contributed by atoms with Crippen LogP contribution in [-0.4, -0.2) is 40.0 Å². The zero-order valence-electron chi connectivity index (χ0n) is 15.5. The molecule has 0 bridgehead atoms. The van der Waals surface area contributed by atoms with Crippen LogP contribution in [0.15, 0.2) is 54.7 Å². The lowest BCUT2D eigenvalue weighted by molar-refractivity contribution is -0.138. The van der Waals surface area contributed by atoms with Gasteiger partial charge in [0.15, 0.2) is 6.10 Å². The maximum atomic E-state index is 12.5. The highest BCUT2D eigenvalue weighted by atomic mass is 16.5. The Balaban J connectivity index is 1.45. The van der Waals surface area contributed by atoms with E-state index in [1.807, 2.05) is 60.4 Å². The number of likely N-dealkylation sites (tertiary alicyclic amines) is 1. The highest BCUT2D eigenvalue weighted by molar-refractivity contribution is 5.81. The highest BCUT2D eigenvalue weighted by Gasteiger charge is 2.23. The Morgan fingerprint density at radius 1 is 1.00 bits per heavy atom. The topological polar surface area (TPSA) is 55.3 Å². The van der Waals surface area contributed by atoms with Gasteiger partial charge in [0.05, 0.1) is 22.9 Å². The summed E-state index contributed by atoms with van der Waals surface area (Å²) >= 11 is 0. The first-order valence-corrected chi connectivity index (χ1v) is 9.48. The smallest absolute Gasteiger partial charge is 0.263 e. The van der Waals surface area contributed by atoms with E-state index < -0.39 is 6.10 Å². The summed E-state index contributed by atoms with van der Waals surface area (Å²) in [5.74, 6) is 0.754. The van der Waals surface area contributed by atoms with Crippen LogP contribution in [0.4, 0.5) is 0 Å². The largest absolute Gasteiger partial charge is 0.481 e. The summed E-state index contributed by atoms with van der Waals surface area (Å²) in [5.41, 5.74) is 3.54. The number of hydrogen-bond acceptors (Lipinski definition) is 4. The third-order valence-corrected chi connectivity index (χ3v) is 4.93. The molecule has 138 valence electrons. The molecule has 1 aromatic heterocycles. The van der Waals surface area contributed by atoms with E-state index in [9.17, 15) is 4.79 Å². The third kappa shape index (κ3) is 3.92. The molecule has 0 spiro atoms. The number of nitrogens with zero attached hydrogens (tertiary/aromatic N) is 3. The fraction of sp³-hybridized carbons (Fsp3) is 0.318. The number of rotatable bonds is 4. The first-order valence-electron chi connectivity index (χ1n) is 9.48. The molecule has 1 aliphatic rings. The van der Waals surface area contributed by atoms with Gasteiger partial charge in [-0.3, -0.25) is 9.78 Å². The fourth-order valence-electron chi connectivity index (χ4n) is 3.43. The lowest BCUT2D eigenvalue weighted by Gasteiger charge is -2.29. The van der Waals surface area contributed by atoms with E-state index in [-0.39, 0.29) is 5.91 Å². The van der Waals surface area contributed by atoms with Gasteiger partial charge in [0.1, 0.15) is 5.75 Å². The lowest BCUT2D eigenvalue weighted by Crippen LogP contribution is -2.43. The van der Waals surface area contributed by atoms with Crippen molar-refractivity contribution in [3.63, 3.8) is 0 Å². The molecule has 0 N–H and O–H groups in total. The molecule has 1 amide bonds. The quantitative estimate of drug-likeness (QED) is 0.703. The molecule has 0 radical (unpaired) electrons. The maximum absolute atomic E-state index is 12.5. The second kappa shape index (κ2) is 7.74. The van der Waals surface area contributed by atoms with Gasteiger partial charge in [-0.2, -0.15) is 0 Å². The Kier molecular flexibility index (Phi) is 5.01. The van der Waals surface area contributed by atoms with Crippen molar-refractivity contribution >= 4 is 16.9 Å². The summed E-state index contributed by atoms with van der Waals surface area (Å²) < 4.78 is 5.86. The molecule has 4 rings (SSSR count). The van der Waals surface area contributed by atoms with E-state index in [1.165, 1.54) is 6.42 Å². The van der Waals surface area contributed by atoms with Gasteiger partial charge < -0.3 is 9.64 Å². The molecular formula is C22H23N3O2. The number of para-hydroxylation sites is 2. The van der Waals surface area contributed by atoms with Crippen LogP contribution in [0.5, 0.6) is 5.75 Å². The van der Waals surface area contributed by atoms with Crippen molar-refractivity contribution in [2.75, 3.05) is 13.1 Å². The summed E-state index contributed by atoms with van der Waals surface area (Å²) in [6, 6.07) is 15.5. The average Bonchev–Trinajstić information content (AvgIpc) is 2.74. The molecule has 2 aromatic carbocycles. The molecule has 0 unspecified atom stereocenters. The van der Waals surface area contributed by atoms with Gasteiger partial charge in [-0.25, -0.2) is 4.98 Å². The van der Waals surface area contributed by atoms with Crippen LogP contribution in [0.3, 0.4) is 0 Å². The standard InChI is InChI=1S/C22H23N3O2/c1-16(22(26)25-13-5-2-6-14-25)27-18-11-9-17(10-12-18)21-15-23-19-7-3-4-8-20(19)24-21/h3-4,7-12,15-16H,2,5-6,13-14H2,1H3/t16-/m0/s1. The van der Waals surface area contributed by atoms with Gasteiger partial charge >= 0.3 is 0 Å².